The van der Waals surface area contributed by atoms with Gasteiger partial charge in [-0.05, 0) is 36.4 Å². The molecule has 0 fully saturated rings. The zero-order valence-electron chi connectivity index (χ0n) is 11.1. The summed E-state index contributed by atoms with van der Waals surface area (Å²) >= 11 is 0. The molecule has 4 nitrogen and oxygen atoms in total. The van der Waals surface area contributed by atoms with E-state index >= 15 is 0 Å². The number of ether oxygens (including phenoxy) is 1. The molecule has 2 rings (SSSR count). The maximum atomic E-state index is 12.7. The molecule has 1 aromatic carbocycles. The fourth-order valence-electron chi connectivity index (χ4n) is 1.65. The third kappa shape index (κ3) is 3.78. The number of hydrogen-bond acceptors (Lipinski definition) is 3. The molecule has 0 aliphatic heterocycles. The molecule has 0 aliphatic carbocycles. The molecule has 5 heteroatoms. The minimum atomic E-state index is -0.303. The monoisotopic (exact) mass is 274 g/mol. The number of hydrogen-bond donors (Lipinski definition) is 0. The Balaban J connectivity index is 1.82. The van der Waals surface area contributed by atoms with Gasteiger partial charge in [0.1, 0.15) is 18.2 Å². The van der Waals surface area contributed by atoms with Gasteiger partial charge in [-0.15, -0.1) is 0 Å². The van der Waals surface area contributed by atoms with Gasteiger partial charge in [-0.2, -0.15) is 0 Å². The maximum absolute atomic E-state index is 12.7. The number of carbonyl (C=O) groups excluding carboxylic acids is 1. The van der Waals surface area contributed by atoms with Crippen LogP contribution in [0.15, 0.2) is 48.8 Å². The van der Waals surface area contributed by atoms with Crippen LogP contribution < -0.4 is 4.74 Å². The van der Waals surface area contributed by atoms with Crippen molar-refractivity contribution in [2.45, 2.75) is 0 Å². The van der Waals surface area contributed by atoms with E-state index in [0.717, 1.165) is 0 Å². The average molecular weight is 274 g/mol. The van der Waals surface area contributed by atoms with E-state index in [1.807, 2.05) is 0 Å². The van der Waals surface area contributed by atoms with Crippen LogP contribution >= 0.6 is 0 Å². The molecule has 1 amide bonds. The van der Waals surface area contributed by atoms with E-state index in [1.54, 1.807) is 48.6 Å². The Labute approximate surface area is 116 Å². The van der Waals surface area contributed by atoms with Crippen LogP contribution in [0.25, 0.3) is 0 Å². The molecule has 2 aromatic rings. The molecule has 0 radical (unpaired) electrons. The zero-order chi connectivity index (χ0) is 14.4. The van der Waals surface area contributed by atoms with E-state index < -0.39 is 0 Å². The molecule has 0 atom stereocenters. The van der Waals surface area contributed by atoms with Crippen LogP contribution in [0, 0.1) is 5.82 Å². The van der Waals surface area contributed by atoms with E-state index in [4.69, 9.17) is 4.74 Å². The lowest BCUT2D eigenvalue weighted by atomic mass is 10.2. The van der Waals surface area contributed by atoms with Crippen molar-refractivity contribution in [1.29, 1.82) is 0 Å². The number of carbonyl (C=O) groups is 1. The highest BCUT2D eigenvalue weighted by Crippen LogP contribution is 2.11. The third-order valence-electron chi connectivity index (χ3n) is 2.78. The first kappa shape index (κ1) is 14.0. The standard InChI is InChI=1S/C15H15FN2O2/c1-18(15(19)12-6-8-17-9-7-12)10-11-20-14-4-2-13(16)3-5-14/h2-9H,10-11H2,1H3. The molecular formula is C15H15FN2O2. The summed E-state index contributed by atoms with van der Waals surface area (Å²) in [6.07, 6.45) is 3.16. The molecule has 0 bridgehead atoms. The Hall–Kier alpha value is -2.43. The number of pyridine rings is 1. The number of amides is 1. The van der Waals surface area contributed by atoms with E-state index in [2.05, 4.69) is 4.98 Å². The summed E-state index contributed by atoms with van der Waals surface area (Å²) in [6.45, 7) is 0.789. The summed E-state index contributed by atoms with van der Waals surface area (Å²) in [4.78, 5) is 17.5. The molecule has 1 aromatic heterocycles. The Morgan fingerprint density at radius 2 is 1.85 bits per heavy atom. The molecule has 20 heavy (non-hydrogen) atoms. The van der Waals surface area contributed by atoms with Crippen molar-refractivity contribution in [1.82, 2.24) is 9.88 Å². The minimum Gasteiger partial charge on any atom is -0.492 e. The second kappa shape index (κ2) is 6.65. The van der Waals surface area contributed by atoms with Gasteiger partial charge >= 0.3 is 0 Å². The van der Waals surface area contributed by atoms with Gasteiger partial charge in [0.15, 0.2) is 0 Å². The van der Waals surface area contributed by atoms with Gasteiger partial charge in [0.05, 0.1) is 6.54 Å². The lowest BCUT2D eigenvalue weighted by Crippen LogP contribution is -2.30. The van der Waals surface area contributed by atoms with E-state index in [-0.39, 0.29) is 11.7 Å². The van der Waals surface area contributed by atoms with Crippen LogP contribution in [-0.4, -0.2) is 36.0 Å². The average Bonchev–Trinajstić information content (AvgIpc) is 2.49. The Morgan fingerprint density at radius 3 is 2.50 bits per heavy atom. The van der Waals surface area contributed by atoms with Gasteiger partial charge in [0, 0.05) is 25.0 Å². The van der Waals surface area contributed by atoms with Crippen molar-refractivity contribution >= 4 is 5.91 Å². The normalized spacial score (nSPS) is 10.1. The fourth-order valence-corrected chi connectivity index (χ4v) is 1.65. The molecule has 0 saturated heterocycles. The van der Waals surface area contributed by atoms with Crippen LogP contribution in [0.4, 0.5) is 4.39 Å². The highest BCUT2D eigenvalue weighted by Gasteiger charge is 2.10. The quantitative estimate of drug-likeness (QED) is 0.840. The van der Waals surface area contributed by atoms with Crippen LogP contribution in [0.5, 0.6) is 5.75 Å². The summed E-state index contributed by atoms with van der Waals surface area (Å²) in [7, 11) is 1.71. The van der Waals surface area contributed by atoms with Crippen LogP contribution in [0.2, 0.25) is 0 Å². The second-order valence-corrected chi connectivity index (χ2v) is 4.26. The van der Waals surface area contributed by atoms with E-state index in [9.17, 15) is 9.18 Å². The van der Waals surface area contributed by atoms with Gasteiger partial charge in [-0.1, -0.05) is 0 Å². The lowest BCUT2D eigenvalue weighted by molar-refractivity contribution is 0.0773. The van der Waals surface area contributed by atoms with Gasteiger partial charge in [-0.3, -0.25) is 9.78 Å². The highest BCUT2D eigenvalue weighted by molar-refractivity contribution is 5.93. The molecule has 0 aliphatic rings. The van der Waals surface area contributed by atoms with Crippen LogP contribution in [-0.2, 0) is 0 Å². The highest BCUT2D eigenvalue weighted by atomic mass is 19.1. The molecule has 0 saturated carbocycles. The van der Waals surface area contributed by atoms with E-state index in [1.165, 1.54) is 12.1 Å². The summed E-state index contributed by atoms with van der Waals surface area (Å²) in [5.41, 5.74) is 0.587. The van der Waals surface area contributed by atoms with Crippen molar-refractivity contribution in [2.75, 3.05) is 20.2 Å². The molecule has 0 N–H and O–H groups in total. The SMILES string of the molecule is CN(CCOc1ccc(F)cc1)C(=O)c1ccncc1. The maximum Gasteiger partial charge on any atom is 0.253 e. The van der Waals surface area contributed by atoms with E-state index in [0.29, 0.717) is 24.5 Å². The van der Waals surface area contributed by atoms with Crippen LogP contribution in [0.1, 0.15) is 10.4 Å². The lowest BCUT2D eigenvalue weighted by Gasteiger charge is -2.17. The number of likely N-dealkylation sites (N-methyl/N-ethyl adjacent to an activating group) is 1. The molecule has 0 spiro atoms. The number of nitrogens with zero attached hydrogens (tertiary/aromatic N) is 2. The van der Waals surface area contributed by atoms with Crippen molar-refractivity contribution < 1.29 is 13.9 Å². The number of rotatable bonds is 5. The number of benzene rings is 1. The summed E-state index contributed by atoms with van der Waals surface area (Å²) < 4.78 is 18.2. The number of aromatic nitrogens is 1. The van der Waals surface area contributed by atoms with Gasteiger partial charge < -0.3 is 9.64 Å². The third-order valence-corrected chi connectivity index (χ3v) is 2.78. The molecule has 1 heterocycles. The van der Waals surface area contributed by atoms with Crippen molar-refractivity contribution in [3.8, 4) is 5.75 Å². The summed E-state index contributed by atoms with van der Waals surface area (Å²) in [6, 6.07) is 9.11. The molecule has 104 valence electrons. The minimum absolute atomic E-state index is 0.0879. The Kier molecular flexibility index (Phi) is 4.65. The Morgan fingerprint density at radius 1 is 1.20 bits per heavy atom. The predicted molar refractivity (Wildman–Crippen MR) is 73.1 cm³/mol. The first-order chi connectivity index (χ1) is 9.66. The zero-order valence-corrected chi connectivity index (χ0v) is 11.1. The number of halogens is 1. The van der Waals surface area contributed by atoms with Gasteiger partial charge in [0.2, 0.25) is 0 Å². The first-order valence-electron chi connectivity index (χ1n) is 6.20. The van der Waals surface area contributed by atoms with Crippen molar-refractivity contribution in [3.63, 3.8) is 0 Å². The first-order valence-corrected chi connectivity index (χ1v) is 6.20. The second-order valence-electron chi connectivity index (χ2n) is 4.26. The summed E-state index contributed by atoms with van der Waals surface area (Å²) in [5.74, 6) is 0.189. The topological polar surface area (TPSA) is 42.4 Å². The molecular weight excluding hydrogens is 259 g/mol. The van der Waals surface area contributed by atoms with Gasteiger partial charge in [-0.25, -0.2) is 4.39 Å². The summed E-state index contributed by atoms with van der Waals surface area (Å²) in [5, 5.41) is 0. The Bertz CT molecular complexity index is 558. The van der Waals surface area contributed by atoms with Gasteiger partial charge in [0.25, 0.3) is 5.91 Å². The fraction of sp³-hybridized carbons (Fsp3) is 0.200. The van der Waals surface area contributed by atoms with Crippen molar-refractivity contribution in [3.05, 3.63) is 60.2 Å². The molecule has 0 unspecified atom stereocenters. The van der Waals surface area contributed by atoms with Crippen LogP contribution in [0.3, 0.4) is 0 Å². The largest absolute Gasteiger partial charge is 0.492 e. The predicted octanol–water partition coefficient (Wildman–Crippen LogP) is 2.37. The smallest absolute Gasteiger partial charge is 0.253 e. The van der Waals surface area contributed by atoms with Crippen molar-refractivity contribution in [2.24, 2.45) is 0 Å².